The van der Waals surface area contributed by atoms with E-state index in [0.717, 1.165) is 5.69 Å². The number of carbonyl (C=O) groups is 1. The minimum atomic E-state index is -0.513. The molecule has 0 atom stereocenters. The molecule has 0 unspecified atom stereocenters. The second kappa shape index (κ2) is 9.71. The Labute approximate surface area is 171 Å². The Morgan fingerprint density at radius 1 is 1.28 bits per heavy atom. The molecule has 3 aromatic rings. The number of halogens is 1. The number of rotatable bonds is 8. The predicted molar refractivity (Wildman–Crippen MR) is 108 cm³/mol. The van der Waals surface area contributed by atoms with Crippen molar-refractivity contribution in [3.05, 3.63) is 60.7 Å². The van der Waals surface area contributed by atoms with Gasteiger partial charge in [-0.2, -0.15) is 5.26 Å². The van der Waals surface area contributed by atoms with Crippen LogP contribution in [0.2, 0.25) is 0 Å². The molecule has 148 valence electrons. The summed E-state index contributed by atoms with van der Waals surface area (Å²) in [6, 6.07) is 15.4. The van der Waals surface area contributed by atoms with Gasteiger partial charge >= 0.3 is 0 Å². The van der Waals surface area contributed by atoms with Crippen molar-refractivity contribution < 1.29 is 13.9 Å². The van der Waals surface area contributed by atoms with Gasteiger partial charge in [-0.3, -0.25) is 9.36 Å². The van der Waals surface area contributed by atoms with Crippen LogP contribution >= 0.6 is 11.8 Å². The van der Waals surface area contributed by atoms with E-state index in [1.54, 1.807) is 23.8 Å². The van der Waals surface area contributed by atoms with Gasteiger partial charge in [-0.05, 0) is 24.3 Å². The van der Waals surface area contributed by atoms with Gasteiger partial charge in [0.05, 0.1) is 36.7 Å². The van der Waals surface area contributed by atoms with E-state index in [1.165, 1.54) is 35.1 Å². The quantitative estimate of drug-likeness (QED) is 0.528. The lowest BCUT2D eigenvalue weighted by Gasteiger charge is -2.22. The highest BCUT2D eigenvalue weighted by atomic mass is 32.2. The van der Waals surface area contributed by atoms with Crippen LogP contribution in [0.1, 0.15) is 6.42 Å². The average Bonchev–Trinajstić information content (AvgIpc) is 3.22. The van der Waals surface area contributed by atoms with Crippen LogP contribution in [0.5, 0.6) is 5.75 Å². The summed E-state index contributed by atoms with van der Waals surface area (Å²) in [7, 11) is 1.57. The zero-order chi connectivity index (χ0) is 20.6. The number of nitrogens with zero attached hydrogens (tertiary/aromatic N) is 5. The fraction of sp³-hybridized carbons (Fsp3) is 0.200. The number of carbonyl (C=O) groups excluding carboxylic acids is 1. The summed E-state index contributed by atoms with van der Waals surface area (Å²) in [4.78, 5) is 14.1. The van der Waals surface area contributed by atoms with Crippen molar-refractivity contribution in [1.29, 1.82) is 5.26 Å². The Morgan fingerprint density at radius 3 is 2.79 bits per heavy atom. The van der Waals surface area contributed by atoms with Crippen LogP contribution in [0.25, 0.3) is 5.69 Å². The van der Waals surface area contributed by atoms with Crippen LogP contribution in [0, 0.1) is 17.1 Å². The van der Waals surface area contributed by atoms with Crippen LogP contribution in [-0.2, 0) is 4.79 Å². The summed E-state index contributed by atoms with van der Waals surface area (Å²) in [6.07, 6.45) is 1.64. The maximum atomic E-state index is 14.2. The van der Waals surface area contributed by atoms with Gasteiger partial charge in [0.15, 0.2) is 5.16 Å². The standard InChI is InChI=1S/C20H18FN5O2S/c1-28-18-10-5-4-9-17(18)26-14-23-24-20(26)29-13-19(27)25(12-6-11-22)16-8-3-2-7-15(16)21/h2-5,7-10,14H,6,12-13H2,1H3. The van der Waals surface area contributed by atoms with Crippen LogP contribution in [-0.4, -0.2) is 40.1 Å². The van der Waals surface area contributed by atoms with Crippen LogP contribution in [0.4, 0.5) is 10.1 Å². The maximum absolute atomic E-state index is 14.2. The van der Waals surface area contributed by atoms with Crippen LogP contribution in [0.15, 0.2) is 60.0 Å². The van der Waals surface area contributed by atoms with Crippen molar-refractivity contribution in [1.82, 2.24) is 14.8 Å². The number of anilines is 1. The van der Waals surface area contributed by atoms with Gasteiger partial charge in [-0.15, -0.1) is 10.2 Å². The molecule has 0 fully saturated rings. The highest BCUT2D eigenvalue weighted by Crippen LogP contribution is 2.27. The molecule has 0 aliphatic heterocycles. The second-order valence-corrected chi connectivity index (χ2v) is 6.79. The molecule has 7 nitrogen and oxygen atoms in total. The average molecular weight is 411 g/mol. The van der Waals surface area contributed by atoms with Crippen molar-refractivity contribution in [3.8, 4) is 17.5 Å². The monoisotopic (exact) mass is 411 g/mol. The molecule has 1 heterocycles. The molecule has 0 aliphatic rings. The molecule has 1 amide bonds. The third-order valence-corrected chi connectivity index (χ3v) is 5.01. The molecule has 0 spiro atoms. The lowest BCUT2D eigenvalue weighted by Crippen LogP contribution is -2.34. The summed E-state index contributed by atoms with van der Waals surface area (Å²) in [5.41, 5.74) is 0.893. The zero-order valence-corrected chi connectivity index (χ0v) is 16.5. The van der Waals surface area contributed by atoms with Crippen LogP contribution in [0.3, 0.4) is 0 Å². The number of nitriles is 1. The molecular formula is C20H18FN5O2S. The fourth-order valence-corrected chi connectivity index (χ4v) is 3.53. The van der Waals surface area contributed by atoms with Gasteiger partial charge in [0.1, 0.15) is 17.9 Å². The molecule has 3 rings (SSSR count). The summed E-state index contributed by atoms with van der Waals surface area (Å²) < 4.78 is 21.3. The molecule has 0 aliphatic carbocycles. The number of methoxy groups -OCH3 is 1. The highest BCUT2D eigenvalue weighted by Gasteiger charge is 2.20. The number of aromatic nitrogens is 3. The van der Waals surface area contributed by atoms with Crippen molar-refractivity contribution in [2.45, 2.75) is 11.6 Å². The summed E-state index contributed by atoms with van der Waals surface area (Å²) in [5.74, 6) is -0.193. The van der Waals surface area contributed by atoms with E-state index in [1.807, 2.05) is 30.3 Å². The molecule has 1 aromatic heterocycles. The highest BCUT2D eigenvalue weighted by molar-refractivity contribution is 7.99. The van der Waals surface area contributed by atoms with Crippen molar-refractivity contribution >= 4 is 23.4 Å². The topological polar surface area (TPSA) is 84.0 Å². The van der Waals surface area contributed by atoms with E-state index in [4.69, 9.17) is 10.00 Å². The number of hydrogen-bond donors (Lipinski definition) is 0. The van der Waals surface area contributed by atoms with Gasteiger partial charge in [0.25, 0.3) is 0 Å². The largest absolute Gasteiger partial charge is 0.495 e. The first kappa shape index (κ1) is 20.4. The third-order valence-electron chi connectivity index (χ3n) is 4.08. The van der Waals surface area contributed by atoms with Gasteiger partial charge in [-0.1, -0.05) is 36.0 Å². The van der Waals surface area contributed by atoms with Crippen molar-refractivity contribution in [3.63, 3.8) is 0 Å². The SMILES string of the molecule is COc1ccccc1-n1cnnc1SCC(=O)N(CCC#N)c1ccccc1F. The zero-order valence-electron chi connectivity index (χ0n) is 15.7. The first-order valence-corrected chi connectivity index (χ1v) is 9.72. The first-order chi connectivity index (χ1) is 14.2. The summed E-state index contributed by atoms with van der Waals surface area (Å²) in [6.45, 7) is 0.107. The molecule has 0 saturated carbocycles. The fourth-order valence-electron chi connectivity index (χ4n) is 2.73. The number of ether oxygens (including phenoxy) is 1. The number of para-hydroxylation sites is 3. The van der Waals surface area contributed by atoms with E-state index in [-0.39, 0.29) is 30.3 Å². The molecule has 29 heavy (non-hydrogen) atoms. The van der Waals surface area contributed by atoms with Gasteiger partial charge < -0.3 is 9.64 Å². The molecule has 0 saturated heterocycles. The van der Waals surface area contributed by atoms with Crippen molar-refractivity contribution in [2.24, 2.45) is 0 Å². The van der Waals surface area contributed by atoms with Gasteiger partial charge in [-0.25, -0.2) is 4.39 Å². The lowest BCUT2D eigenvalue weighted by atomic mass is 10.2. The molecular weight excluding hydrogens is 393 g/mol. The summed E-state index contributed by atoms with van der Waals surface area (Å²) >= 11 is 1.18. The minimum absolute atomic E-state index is 0.00754. The van der Waals surface area contributed by atoms with E-state index in [9.17, 15) is 9.18 Å². The molecule has 0 N–H and O–H groups in total. The molecule has 2 aromatic carbocycles. The van der Waals surface area contributed by atoms with Crippen LogP contribution < -0.4 is 9.64 Å². The predicted octanol–water partition coefficient (Wildman–Crippen LogP) is 3.45. The minimum Gasteiger partial charge on any atom is -0.495 e. The number of thioether (sulfide) groups is 1. The third kappa shape index (κ3) is 4.73. The Hall–Kier alpha value is -3.38. The van der Waals surface area contributed by atoms with E-state index >= 15 is 0 Å². The van der Waals surface area contributed by atoms with E-state index in [2.05, 4.69) is 10.2 Å². The smallest absolute Gasteiger partial charge is 0.237 e. The Balaban J connectivity index is 1.79. The number of amides is 1. The Bertz CT molecular complexity index is 1030. The molecule has 0 radical (unpaired) electrons. The van der Waals surface area contributed by atoms with Crippen molar-refractivity contribution in [2.75, 3.05) is 24.3 Å². The summed E-state index contributed by atoms with van der Waals surface area (Å²) in [5, 5.41) is 17.4. The number of hydrogen-bond acceptors (Lipinski definition) is 6. The lowest BCUT2D eigenvalue weighted by molar-refractivity contribution is -0.116. The Kier molecular flexibility index (Phi) is 6.81. The number of benzene rings is 2. The van der Waals surface area contributed by atoms with E-state index < -0.39 is 5.82 Å². The molecule has 0 bridgehead atoms. The normalized spacial score (nSPS) is 10.4. The van der Waals surface area contributed by atoms with Gasteiger partial charge in [0, 0.05) is 6.54 Å². The molecule has 9 heteroatoms. The first-order valence-electron chi connectivity index (χ1n) is 8.73. The van der Waals surface area contributed by atoms with Gasteiger partial charge in [0.2, 0.25) is 5.91 Å². The maximum Gasteiger partial charge on any atom is 0.237 e. The van der Waals surface area contributed by atoms with E-state index in [0.29, 0.717) is 10.9 Å². The second-order valence-electron chi connectivity index (χ2n) is 5.85. The Morgan fingerprint density at radius 2 is 2.03 bits per heavy atom.